The number of imidazole rings is 1. The molecule has 0 aliphatic carbocycles. The number of halogens is 1. The highest BCUT2D eigenvalue weighted by Crippen LogP contribution is 2.29. The highest BCUT2D eigenvalue weighted by Gasteiger charge is 2.13. The number of benzene rings is 1. The Labute approximate surface area is 133 Å². The van der Waals surface area contributed by atoms with E-state index in [-0.39, 0.29) is 0 Å². The Morgan fingerprint density at radius 2 is 2.14 bits per heavy atom. The molecule has 0 N–H and O–H groups in total. The van der Waals surface area contributed by atoms with E-state index < -0.39 is 0 Å². The number of fused-ring (bicyclic) bond motifs is 1. The summed E-state index contributed by atoms with van der Waals surface area (Å²) < 4.78 is 2.31. The van der Waals surface area contributed by atoms with Crippen LogP contribution in [-0.2, 0) is 6.54 Å². The van der Waals surface area contributed by atoms with Crippen molar-refractivity contribution in [1.29, 1.82) is 0 Å². The number of hydrogen-bond acceptors (Lipinski definition) is 3. The molecule has 0 fully saturated rings. The van der Waals surface area contributed by atoms with E-state index in [1.165, 1.54) is 4.88 Å². The van der Waals surface area contributed by atoms with Crippen molar-refractivity contribution < 1.29 is 0 Å². The van der Waals surface area contributed by atoms with E-state index in [9.17, 15) is 0 Å². The number of nitrogens with zero attached hydrogens (tertiary/aromatic N) is 3. The largest absolute Gasteiger partial charge is 0.323 e. The van der Waals surface area contributed by atoms with E-state index >= 15 is 0 Å². The lowest BCUT2D eigenvalue weighted by Gasteiger charge is -2.12. The zero-order valence-electron chi connectivity index (χ0n) is 12.2. The summed E-state index contributed by atoms with van der Waals surface area (Å²) in [5, 5.41) is 2.82. The van der Waals surface area contributed by atoms with Gasteiger partial charge in [0.05, 0.1) is 15.9 Å². The molecule has 0 aliphatic rings. The monoisotopic (exact) mass is 319 g/mol. The minimum atomic E-state index is 0.734. The average molecular weight is 320 g/mol. The second-order valence-corrected chi connectivity index (χ2v) is 6.74. The van der Waals surface area contributed by atoms with Crippen LogP contribution >= 0.6 is 22.9 Å². The Balaban J connectivity index is 2.03. The van der Waals surface area contributed by atoms with Crippen LogP contribution in [0.4, 0.5) is 0 Å². The van der Waals surface area contributed by atoms with Crippen LogP contribution in [0.2, 0.25) is 5.02 Å². The first-order valence-corrected chi connectivity index (χ1v) is 8.25. The van der Waals surface area contributed by atoms with Crippen molar-refractivity contribution in [3.8, 4) is 10.7 Å². The molecule has 0 saturated carbocycles. The minimum Gasteiger partial charge on any atom is -0.323 e. The highest BCUT2D eigenvalue weighted by molar-refractivity contribution is 7.13. The molecule has 110 valence electrons. The van der Waals surface area contributed by atoms with Gasteiger partial charge in [0.2, 0.25) is 0 Å². The Morgan fingerprint density at radius 1 is 1.29 bits per heavy atom. The quantitative estimate of drug-likeness (QED) is 0.696. The van der Waals surface area contributed by atoms with Gasteiger partial charge in [-0.25, -0.2) is 4.98 Å². The molecule has 0 aliphatic heterocycles. The summed E-state index contributed by atoms with van der Waals surface area (Å²) in [6, 6.07) is 10.1. The number of hydrogen-bond donors (Lipinski definition) is 0. The second kappa shape index (κ2) is 6.18. The molecule has 3 rings (SSSR count). The van der Waals surface area contributed by atoms with Gasteiger partial charge in [-0.15, -0.1) is 11.3 Å². The predicted molar refractivity (Wildman–Crippen MR) is 91.2 cm³/mol. The third kappa shape index (κ3) is 3.12. The highest BCUT2D eigenvalue weighted by atomic mass is 35.5. The van der Waals surface area contributed by atoms with Crippen LogP contribution in [0, 0.1) is 0 Å². The number of thiophene rings is 1. The molecule has 0 saturated heterocycles. The predicted octanol–water partition coefficient (Wildman–Crippen LogP) is 4.37. The van der Waals surface area contributed by atoms with Crippen molar-refractivity contribution in [3.63, 3.8) is 0 Å². The molecule has 0 atom stereocenters. The molecule has 3 nitrogen and oxygen atoms in total. The summed E-state index contributed by atoms with van der Waals surface area (Å²) in [6.07, 6.45) is 1.10. The fraction of sp³-hybridized carbons (Fsp3) is 0.312. The van der Waals surface area contributed by atoms with E-state index in [2.05, 4.69) is 47.1 Å². The Hall–Kier alpha value is -1.36. The van der Waals surface area contributed by atoms with Crippen LogP contribution in [0.25, 0.3) is 21.7 Å². The summed E-state index contributed by atoms with van der Waals surface area (Å²) in [5.41, 5.74) is 2.12. The van der Waals surface area contributed by atoms with Crippen molar-refractivity contribution in [2.75, 3.05) is 20.6 Å². The first-order valence-electron chi connectivity index (χ1n) is 6.99. The van der Waals surface area contributed by atoms with Gasteiger partial charge in [-0.2, -0.15) is 0 Å². The Morgan fingerprint density at radius 3 is 2.86 bits per heavy atom. The van der Waals surface area contributed by atoms with Crippen LogP contribution in [0.3, 0.4) is 0 Å². The van der Waals surface area contributed by atoms with Crippen molar-refractivity contribution in [1.82, 2.24) is 14.5 Å². The van der Waals surface area contributed by atoms with E-state index in [0.29, 0.717) is 0 Å². The summed E-state index contributed by atoms with van der Waals surface area (Å²) in [5.74, 6) is 1.04. The minimum absolute atomic E-state index is 0.734. The lowest BCUT2D eigenvalue weighted by Crippen LogP contribution is -2.15. The molecule has 0 spiro atoms. The van der Waals surface area contributed by atoms with E-state index in [1.54, 1.807) is 11.3 Å². The molecule has 5 heteroatoms. The summed E-state index contributed by atoms with van der Waals surface area (Å²) in [4.78, 5) is 8.20. The van der Waals surface area contributed by atoms with Crippen LogP contribution in [0.15, 0.2) is 35.7 Å². The van der Waals surface area contributed by atoms with Gasteiger partial charge in [0.25, 0.3) is 0 Å². The standard InChI is InChI=1S/C16H18ClN3S/c1-19(2)8-4-9-20-14-7-6-12(17)11-13(14)18-16(20)15-5-3-10-21-15/h3,5-7,10-11H,4,8-9H2,1-2H3. The zero-order valence-corrected chi connectivity index (χ0v) is 13.8. The molecule has 21 heavy (non-hydrogen) atoms. The van der Waals surface area contributed by atoms with E-state index in [0.717, 1.165) is 41.4 Å². The zero-order chi connectivity index (χ0) is 14.8. The van der Waals surface area contributed by atoms with Gasteiger partial charge >= 0.3 is 0 Å². The van der Waals surface area contributed by atoms with Crippen LogP contribution in [-0.4, -0.2) is 35.1 Å². The molecule has 0 bridgehead atoms. The Kier molecular flexibility index (Phi) is 4.29. The molecule has 0 unspecified atom stereocenters. The average Bonchev–Trinajstić information content (AvgIpc) is 3.05. The fourth-order valence-electron chi connectivity index (χ4n) is 2.47. The number of aryl methyl sites for hydroxylation is 1. The molecular formula is C16H18ClN3S. The van der Waals surface area contributed by atoms with Crippen LogP contribution < -0.4 is 0 Å². The molecular weight excluding hydrogens is 302 g/mol. The lowest BCUT2D eigenvalue weighted by molar-refractivity contribution is 0.388. The van der Waals surface area contributed by atoms with Gasteiger partial charge in [0.1, 0.15) is 0 Å². The van der Waals surface area contributed by atoms with Crippen molar-refractivity contribution in [2.45, 2.75) is 13.0 Å². The smallest absolute Gasteiger partial charge is 0.151 e. The molecule has 2 aromatic heterocycles. The fourth-order valence-corrected chi connectivity index (χ4v) is 3.36. The topological polar surface area (TPSA) is 21.1 Å². The number of rotatable bonds is 5. The van der Waals surface area contributed by atoms with Crippen LogP contribution in [0.1, 0.15) is 6.42 Å². The van der Waals surface area contributed by atoms with Crippen molar-refractivity contribution >= 4 is 34.0 Å². The van der Waals surface area contributed by atoms with E-state index in [1.807, 2.05) is 12.1 Å². The van der Waals surface area contributed by atoms with Crippen molar-refractivity contribution in [2.24, 2.45) is 0 Å². The second-order valence-electron chi connectivity index (χ2n) is 5.35. The lowest BCUT2D eigenvalue weighted by atomic mass is 10.3. The molecule has 1 aromatic carbocycles. The van der Waals surface area contributed by atoms with Crippen LogP contribution in [0.5, 0.6) is 0 Å². The van der Waals surface area contributed by atoms with E-state index in [4.69, 9.17) is 16.6 Å². The SMILES string of the molecule is CN(C)CCCn1c(-c2cccs2)nc2cc(Cl)ccc21. The first kappa shape index (κ1) is 14.6. The van der Waals surface area contributed by atoms with Gasteiger partial charge in [0, 0.05) is 11.6 Å². The molecule has 0 radical (unpaired) electrons. The maximum Gasteiger partial charge on any atom is 0.151 e. The van der Waals surface area contributed by atoms with Gasteiger partial charge < -0.3 is 9.47 Å². The molecule has 3 aromatic rings. The number of aromatic nitrogens is 2. The summed E-state index contributed by atoms with van der Waals surface area (Å²) in [7, 11) is 4.21. The maximum absolute atomic E-state index is 6.10. The third-order valence-corrected chi connectivity index (χ3v) is 4.54. The normalized spacial score (nSPS) is 11.6. The first-order chi connectivity index (χ1) is 10.1. The van der Waals surface area contributed by atoms with Gasteiger partial charge in [-0.05, 0) is 56.7 Å². The summed E-state index contributed by atoms with van der Waals surface area (Å²) in [6.45, 7) is 2.03. The van der Waals surface area contributed by atoms with Gasteiger partial charge in [0.15, 0.2) is 5.82 Å². The molecule has 0 amide bonds. The van der Waals surface area contributed by atoms with Gasteiger partial charge in [-0.1, -0.05) is 17.7 Å². The van der Waals surface area contributed by atoms with Gasteiger partial charge in [-0.3, -0.25) is 0 Å². The maximum atomic E-state index is 6.10. The third-order valence-electron chi connectivity index (χ3n) is 3.44. The Bertz CT molecular complexity index is 731. The molecule has 2 heterocycles. The summed E-state index contributed by atoms with van der Waals surface area (Å²) >= 11 is 7.82. The van der Waals surface area contributed by atoms with Crippen molar-refractivity contribution in [3.05, 3.63) is 40.7 Å².